The molecule has 0 amide bonds. The van der Waals surface area contributed by atoms with Crippen LogP contribution in [0.2, 0.25) is 0 Å². The Morgan fingerprint density at radius 3 is 3.04 bits per heavy atom. The lowest BCUT2D eigenvalue weighted by atomic mass is 9.99. The van der Waals surface area contributed by atoms with Gasteiger partial charge in [-0.3, -0.25) is 0 Å². The van der Waals surface area contributed by atoms with Crippen LogP contribution in [0, 0.1) is 0 Å². The van der Waals surface area contributed by atoms with E-state index in [4.69, 9.17) is 0 Å². The number of hydrogen-bond acceptors (Lipinski definition) is 5. The molecule has 1 aliphatic heterocycles. The zero-order valence-corrected chi connectivity index (χ0v) is 13.5. The Labute approximate surface area is 133 Å². The Morgan fingerprint density at radius 2 is 2.22 bits per heavy atom. The molecule has 23 heavy (non-hydrogen) atoms. The van der Waals surface area contributed by atoms with Crippen LogP contribution in [0.25, 0.3) is 21.9 Å². The smallest absolute Gasteiger partial charge is 0.213 e. The van der Waals surface area contributed by atoms with E-state index in [1.54, 1.807) is 29.9 Å². The van der Waals surface area contributed by atoms with Gasteiger partial charge in [-0.1, -0.05) is 0 Å². The number of hydrogen-bond donors (Lipinski definition) is 1. The van der Waals surface area contributed by atoms with Gasteiger partial charge in [-0.05, 0) is 19.4 Å². The van der Waals surface area contributed by atoms with Crippen molar-refractivity contribution in [1.29, 1.82) is 0 Å². The minimum absolute atomic E-state index is 0.127. The average molecular weight is 331 g/mol. The van der Waals surface area contributed by atoms with Gasteiger partial charge in [0.2, 0.25) is 10.0 Å². The first-order valence-electron chi connectivity index (χ1n) is 7.64. The van der Waals surface area contributed by atoms with Crippen LogP contribution in [-0.4, -0.2) is 51.5 Å². The highest BCUT2D eigenvalue weighted by Crippen LogP contribution is 2.34. The van der Waals surface area contributed by atoms with Crippen LogP contribution in [0.15, 0.2) is 24.8 Å². The van der Waals surface area contributed by atoms with Crippen molar-refractivity contribution >= 4 is 32.0 Å². The predicted octanol–water partition coefficient (Wildman–Crippen LogP) is 1.65. The van der Waals surface area contributed by atoms with Crippen molar-refractivity contribution in [3.63, 3.8) is 0 Å². The summed E-state index contributed by atoms with van der Waals surface area (Å²) in [6, 6.07) is 1.93. The second-order valence-electron chi connectivity index (χ2n) is 5.76. The molecule has 3 aromatic heterocycles. The Hall–Kier alpha value is -2.06. The monoisotopic (exact) mass is 331 g/mol. The first-order valence-corrected chi connectivity index (χ1v) is 9.25. The molecule has 1 saturated heterocycles. The molecule has 120 valence electrons. The lowest BCUT2D eigenvalue weighted by Crippen LogP contribution is -2.30. The molecule has 0 aromatic carbocycles. The fourth-order valence-electron chi connectivity index (χ4n) is 3.29. The highest BCUT2D eigenvalue weighted by atomic mass is 32.2. The molecule has 8 heteroatoms. The minimum atomic E-state index is -3.14. The lowest BCUT2D eigenvalue weighted by molar-refractivity contribution is 0.473. The van der Waals surface area contributed by atoms with Crippen molar-refractivity contribution < 1.29 is 8.42 Å². The summed E-state index contributed by atoms with van der Waals surface area (Å²) >= 11 is 0. The van der Waals surface area contributed by atoms with Gasteiger partial charge < -0.3 is 4.98 Å². The molecule has 3 aromatic rings. The van der Waals surface area contributed by atoms with Gasteiger partial charge in [-0.2, -0.15) is 0 Å². The quantitative estimate of drug-likeness (QED) is 0.788. The minimum Gasteiger partial charge on any atom is -0.349 e. The third kappa shape index (κ3) is 2.29. The molecule has 4 rings (SSSR count). The summed E-state index contributed by atoms with van der Waals surface area (Å²) in [7, 11) is -3.14. The number of sulfonamides is 1. The van der Waals surface area contributed by atoms with Gasteiger partial charge in [0.05, 0.1) is 23.8 Å². The van der Waals surface area contributed by atoms with Crippen molar-refractivity contribution in [2.75, 3.05) is 18.8 Å². The molecule has 1 atom stereocenters. The standard InChI is InChI=1S/C15H17N5O2S/c1-2-23(21,22)20-6-4-10(8-20)14-13-11-3-5-16-15(11)17-7-12(13)18-9-19-14/h3,5,7,9-10H,2,4,6,8H2,1H3,(H,18,19). The topological polar surface area (TPSA) is 91.8 Å². The van der Waals surface area contributed by atoms with Crippen molar-refractivity contribution in [3.8, 4) is 0 Å². The summed E-state index contributed by atoms with van der Waals surface area (Å²) in [6.07, 6.45) is 5.90. The SMILES string of the molecule is CCS(=O)(=O)N1CCC(c2[nH]cnc3cnc4nccc4c23)C1. The van der Waals surface area contributed by atoms with Crippen molar-refractivity contribution in [2.45, 2.75) is 19.3 Å². The predicted molar refractivity (Wildman–Crippen MR) is 87.6 cm³/mol. The molecule has 1 aliphatic rings. The Balaban J connectivity index is 1.82. The number of pyridine rings is 1. The average Bonchev–Trinajstić information content (AvgIpc) is 3.23. The lowest BCUT2D eigenvalue weighted by Gasteiger charge is -2.16. The van der Waals surface area contributed by atoms with E-state index in [1.807, 2.05) is 6.07 Å². The fraction of sp³-hybridized carbons (Fsp3) is 0.400. The molecule has 7 nitrogen and oxygen atoms in total. The molecule has 4 heterocycles. The van der Waals surface area contributed by atoms with Crippen LogP contribution in [0.1, 0.15) is 25.0 Å². The second-order valence-corrected chi connectivity index (χ2v) is 8.02. The van der Waals surface area contributed by atoms with Crippen LogP contribution < -0.4 is 0 Å². The maximum atomic E-state index is 12.1. The van der Waals surface area contributed by atoms with Gasteiger partial charge in [0.1, 0.15) is 0 Å². The molecular weight excluding hydrogens is 314 g/mol. The zero-order chi connectivity index (χ0) is 16.0. The molecule has 0 saturated carbocycles. The molecule has 0 spiro atoms. The fourth-order valence-corrected chi connectivity index (χ4v) is 4.45. The summed E-state index contributed by atoms with van der Waals surface area (Å²) in [5.74, 6) is 0.267. The summed E-state index contributed by atoms with van der Waals surface area (Å²) in [5.41, 5.74) is 2.51. The second kappa shape index (κ2) is 5.24. The van der Waals surface area contributed by atoms with E-state index in [2.05, 4.69) is 19.9 Å². The molecule has 0 bridgehead atoms. The molecule has 1 fully saturated rings. The first-order chi connectivity index (χ1) is 11.1. The summed E-state index contributed by atoms with van der Waals surface area (Å²) in [4.78, 5) is 16.1. The summed E-state index contributed by atoms with van der Waals surface area (Å²) in [6.45, 7) is 2.75. The van der Waals surface area contributed by atoms with Crippen LogP contribution in [0.5, 0.6) is 0 Å². The van der Waals surface area contributed by atoms with Crippen molar-refractivity contribution in [2.24, 2.45) is 0 Å². The van der Waals surface area contributed by atoms with E-state index in [0.29, 0.717) is 18.7 Å². The van der Waals surface area contributed by atoms with Crippen LogP contribution >= 0.6 is 0 Å². The maximum absolute atomic E-state index is 12.1. The van der Waals surface area contributed by atoms with Gasteiger partial charge in [-0.15, -0.1) is 0 Å². The van der Waals surface area contributed by atoms with Crippen LogP contribution in [0.3, 0.4) is 0 Å². The van der Waals surface area contributed by atoms with E-state index < -0.39 is 10.0 Å². The summed E-state index contributed by atoms with van der Waals surface area (Å²) < 4.78 is 25.8. The van der Waals surface area contributed by atoms with Gasteiger partial charge in [-0.25, -0.2) is 27.7 Å². The van der Waals surface area contributed by atoms with Crippen molar-refractivity contribution in [1.82, 2.24) is 24.2 Å². The third-order valence-electron chi connectivity index (χ3n) is 4.52. The Morgan fingerprint density at radius 1 is 1.35 bits per heavy atom. The number of rotatable bonds is 3. The first kappa shape index (κ1) is 14.5. The van der Waals surface area contributed by atoms with E-state index in [0.717, 1.165) is 28.4 Å². The van der Waals surface area contributed by atoms with Gasteiger partial charge in [0.25, 0.3) is 0 Å². The maximum Gasteiger partial charge on any atom is 0.213 e. The Kier molecular flexibility index (Phi) is 3.31. The van der Waals surface area contributed by atoms with E-state index >= 15 is 0 Å². The van der Waals surface area contributed by atoms with Crippen LogP contribution in [0.4, 0.5) is 0 Å². The molecular formula is C15H17N5O2S. The number of aromatic amines is 1. The van der Waals surface area contributed by atoms with Crippen molar-refractivity contribution in [3.05, 3.63) is 30.5 Å². The number of fused-ring (bicyclic) bond motifs is 3. The normalized spacial score (nSPS) is 19.8. The highest BCUT2D eigenvalue weighted by Gasteiger charge is 2.32. The van der Waals surface area contributed by atoms with E-state index in [-0.39, 0.29) is 11.7 Å². The third-order valence-corrected chi connectivity index (χ3v) is 6.37. The van der Waals surface area contributed by atoms with Crippen LogP contribution in [-0.2, 0) is 10.0 Å². The van der Waals surface area contributed by atoms with Gasteiger partial charge in [0, 0.05) is 41.7 Å². The van der Waals surface area contributed by atoms with Gasteiger partial charge in [0.15, 0.2) is 5.65 Å². The van der Waals surface area contributed by atoms with Gasteiger partial charge >= 0.3 is 0 Å². The summed E-state index contributed by atoms with van der Waals surface area (Å²) in [5, 5.41) is 1.95. The highest BCUT2D eigenvalue weighted by molar-refractivity contribution is 7.89. The largest absolute Gasteiger partial charge is 0.349 e. The number of nitrogens with zero attached hydrogens (tertiary/aromatic N) is 4. The molecule has 0 aliphatic carbocycles. The zero-order valence-electron chi connectivity index (χ0n) is 12.7. The number of nitrogens with one attached hydrogen (secondary N) is 1. The molecule has 0 radical (unpaired) electrons. The van der Waals surface area contributed by atoms with E-state index in [9.17, 15) is 8.42 Å². The number of aromatic nitrogens is 4. The molecule has 1 unspecified atom stereocenters. The Bertz CT molecular complexity index is 982. The molecule has 1 N–H and O–H groups in total. The number of H-pyrrole nitrogens is 1. The van der Waals surface area contributed by atoms with E-state index in [1.165, 1.54) is 0 Å².